The van der Waals surface area contributed by atoms with Crippen LogP contribution >= 0.6 is 0 Å². The molecule has 0 aliphatic carbocycles. The number of hydrogen-bond acceptors (Lipinski definition) is 6. The third-order valence-corrected chi connectivity index (χ3v) is 3.67. The first kappa shape index (κ1) is 15.7. The summed E-state index contributed by atoms with van der Waals surface area (Å²) in [7, 11) is 0. The average molecular weight is 346 g/mol. The van der Waals surface area contributed by atoms with Gasteiger partial charge in [0.05, 0.1) is 11.9 Å². The van der Waals surface area contributed by atoms with E-state index in [9.17, 15) is 4.79 Å². The molecule has 4 aromatic rings. The van der Waals surface area contributed by atoms with Gasteiger partial charge in [-0.25, -0.2) is 4.68 Å². The van der Waals surface area contributed by atoms with Gasteiger partial charge in [0.25, 0.3) is 0 Å². The molecule has 2 aromatic heterocycles. The van der Waals surface area contributed by atoms with Crippen molar-refractivity contribution in [1.29, 1.82) is 0 Å². The van der Waals surface area contributed by atoms with Crippen LogP contribution in [0.4, 0.5) is 5.69 Å². The first-order valence-electron chi connectivity index (χ1n) is 7.89. The lowest BCUT2D eigenvalue weighted by Gasteiger charge is -1.99. The topological polar surface area (TPSA) is 98.7 Å². The molecule has 2 aromatic carbocycles. The number of amides is 1. The SMILES string of the molecule is Cc1ccc(-n2cc(-c3noc(C(=O)Nc4ccccc4)n3)nn2)cc1. The minimum absolute atomic E-state index is 0.145. The van der Waals surface area contributed by atoms with Crippen LogP contribution in [-0.4, -0.2) is 31.0 Å². The van der Waals surface area contributed by atoms with E-state index in [1.807, 2.05) is 49.4 Å². The molecule has 0 bridgehead atoms. The number of nitrogens with zero attached hydrogens (tertiary/aromatic N) is 5. The van der Waals surface area contributed by atoms with Crippen molar-refractivity contribution in [2.24, 2.45) is 0 Å². The minimum atomic E-state index is -0.485. The summed E-state index contributed by atoms with van der Waals surface area (Å²) < 4.78 is 6.64. The second kappa shape index (κ2) is 6.60. The van der Waals surface area contributed by atoms with Crippen LogP contribution in [0.2, 0.25) is 0 Å². The van der Waals surface area contributed by atoms with E-state index in [4.69, 9.17) is 4.52 Å². The van der Waals surface area contributed by atoms with Crippen LogP contribution in [0.5, 0.6) is 0 Å². The Morgan fingerprint density at radius 2 is 1.85 bits per heavy atom. The van der Waals surface area contributed by atoms with Gasteiger partial charge >= 0.3 is 11.8 Å². The van der Waals surface area contributed by atoms with Crippen molar-refractivity contribution in [2.45, 2.75) is 6.92 Å². The average Bonchev–Trinajstić information content (AvgIpc) is 3.33. The fourth-order valence-corrected chi connectivity index (χ4v) is 2.32. The molecular weight excluding hydrogens is 332 g/mol. The molecule has 0 aliphatic heterocycles. The number of rotatable bonds is 4. The predicted molar refractivity (Wildman–Crippen MR) is 93.8 cm³/mol. The Bertz CT molecular complexity index is 1040. The zero-order valence-corrected chi connectivity index (χ0v) is 13.8. The largest absolute Gasteiger partial charge is 0.328 e. The number of aryl methyl sites for hydroxylation is 1. The van der Waals surface area contributed by atoms with Crippen LogP contribution in [0.25, 0.3) is 17.2 Å². The highest BCUT2D eigenvalue weighted by molar-refractivity contribution is 6.01. The maximum atomic E-state index is 12.2. The fraction of sp³-hybridized carbons (Fsp3) is 0.0556. The molecule has 2 heterocycles. The Morgan fingerprint density at radius 1 is 1.08 bits per heavy atom. The van der Waals surface area contributed by atoms with Gasteiger partial charge in [-0.2, -0.15) is 4.98 Å². The Labute approximate surface area is 148 Å². The molecule has 0 atom stereocenters. The molecule has 8 nitrogen and oxygen atoms in total. The zero-order chi connectivity index (χ0) is 17.9. The number of aromatic nitrogens is 5. The lowest BCUT2D eigenvalue weighted by Crippen LogP contribution is -2.12. The van der Waals surface area contributed by atoms with E-state index < -0.39 is 5.91 Å². The lowest BCUT2D eigenvalue weighted by molar-refractivity contribution is 0.0981. The highest BCUT2D eigenvalue weighted by Gasteiger charge is 2.18. The van der Waals surface area contributed by atoms with Crippen LogP contribution in [0.15, 0.2) is 65.3 Å². The number of nitrogens with one attached hydrogen (secondary N) is 1. The van der Waals surface area contributed by atoms with Gasteiger partial charge in [0.2, 0.25) is 5.82 Å². The van der Waals surface area contributed by atoms with Gasteiger partial charge in [-0.3, -0.25) is 4.79 Å². The van der Waals surface area contributed by atoms with Gasteiger partial charge in [0.1, 0.15) is 0 Å². The van der Waals surface area contributed by atoms with Crippen LogP contribution in [0.1, 0.15) is 16.2 Å². The third kappa shape index (κ3) is 3.20. The molecule has 0 saturated carbocycles. The van der Waals surface area contributed by atoms with Crippen molar-refractivity contribution in [1.82, 2.24) is 25.1 Å². The summed E-state index contributed by atoms with van der Waals surface area (Å²) >= 11 is 0. The molecular formula is C18H14N6O2. The molecule has 1 amide bonds. The first-order chi connectivity index (χ1) is 12.7. The highest BCUT2D eigenvalue weighted by Crippen LogP contribution is 2.16. The van der Waals surface area contributed by atoms with Crippen LogP contribution in [0, 0.1) is 6.92 Å². The summed E-state index contributed by atoms with van der Waals surface area (Å²) in [5.74, 6) is -0.434. The molecule has 8 heteroatoms. The second-order valence-corrected chi connectivity index (χ2v) is 5.63. The Balaban J connectivity index is 1.53. The molecule has 0 saturated heterocycles. The van der Waals surface area contributed by atoms with Crippen molar-refractivity contribution in [3.8, 4) is 17.2 Å². The van der Waals surface area contributed by atoms with Crippen molar-refractivity contribution in [3.63, 3.8) is 0 Å². The molecule has 0 aliphatic rings. The zero-order valence-electron chi connectivity index (χ0n) is 13.8. The fourth-order valence-electron chi connectivity index (χ4n) is 2.32. The molecule has 128 valence electrons. The van der Waals surface area contributed by atoms with Gasteiger partial charge in [0.15, 0.2) is 5.69 Å². The smallest absolute Gasteiger partial charge is 0.316 e. The van der Waals surface area contributed by atoms with E-state index in [0.717, 1.165) is 11.3 Å². The number of anilines is 1. The quantitative estimate of drug-likeness (QED) is 0.610. The van der Waals surface area contributed by atoms with Gasteiger partial charge < -0.3 is 9.84 Å². The van der Waals surface area contributed by atoms with Gasteiger partial charge in [-0.15, -0.1) is 5.10 Å². The van der Waals surface area contributed by atoms with E-state index in [0.29, 0.717) is 11.4 Å². The number of para-hydroxylation sites is 1. The molecule has 26 heavy (non-hydrogen) atoms. The van der Waals surface area contributed by atoms with Crippen molar-refractivity contribution < 1.29 is 9.32 Å². The first-order valence-corrected chi connectivity index (χ1v) is 7.89. The number of hydrogen-bond donors (Lipinski definition) is 1. The maximum Gasteiger partial charge on any atom is 0.316 e. The molecule has 0 radical (unpaired) electrons. The standard InChI is InChI=1S/C18H14N6O2/c1-12-7-9-14(10-8-12)24-11-15(21-23-24)16-20-18(26-22-16)17(25)19-13-5-3-2-4-6-13/h2-11H,1H3,(H,19,25). The maximum absolute atomic E-state index is 12.2. The molecule has 0 fully saturated rings. The van der Waals surface area contributed by atoms with E-state index >= 15 is 0 Å². The Kier molecular flexibility index (Phi) is 3.98. The number of benzene rings is 2. The highest BCUT2D eigenvalue weighted by atomic mass is 16.5. The van der Waals surface area contributed by atoms with Crippen LogP contribution < -0.4 is 5.32 Å². The molecule has 0 spiro atoms. The Morgan fingerprint density at radius 3 is 2.62 bits per heavy atom. The van der Waals surface area contributed by atoms with Crippen LogP contribution in [0.3, 0.4) is 0 Å². The lowest BCUT2D eigenvalue weighted by atomic mass is 10.2. The second-order valence-electron chi connectivity index (χ2n) is 5.63. The number of carbonyl (C=O) groups is 1. The summed E-state index contributed by atoms with van der Waals surface area (Å²) in [6.45, 7) is 2.01. The van der Waals surface area contributed by atoms with E-state index in [-0.39, 0.29) is 11.7 Å². The van der Waals surface area contributed by atoms with Crippen LogP contribution in [-0.2, 0) is 0 Å². The molecule has 4 rings (SSSR count). The summed E-state index contributed by atoms with van der Waals surface area (Å²) in [5, 5.41) is 14.6. The summed E-state index contributed by atoms with van der Waals surface area (Å²) in [5.41, 5.74) is 3.07. The van der Waals surface area contributed by atoms with E-state index in [1.54, 1.807) is 23.0 Å². The predicted octanol–water partition coefficient (Wildman–Crippen LogP) is 2.88. The van der Waals surface area contributed by atoms with E-state index in [2.05, 4.69) is 25.8 Å². The van der Waals surface area contributed by atoms with E-state index in [1.165, 1.54) is 0 Å². The summed E-state index contributed by atoms with van der Waals surface area (Å²) in [4.78, 5) is 16.3. The van der Waals surface area contributed by atoms with Gasteiger partial charge in [-0.1, -0.05) is 46.3 Å². The Hall–Kier alpha value is -3.81. The van der Waals surface area contributed by atoms with Crippen molar-refractivity contribution in [3.05, 3.63) is 72.2 Å². The minimum Gasteiger partial charge on any atom is -0.328 e. The van der Waals surface area contributed by atoms with Gasteiger partial charge in [-0.05, 0) is 31.2 Å². The number of carbonyl (C=O) groups excluding carboxylic acids is 1. The third-order valence-electron chi connectivity index (χ3n) is 3.67. The van der Waals surface area contributed by atoms with Crippen molar-refractivity contribution in [2.75, 3.05) is 5.32 Å². The van der Waals surface area contributed by atoms with Gasteiger partial charge in [0, 0.05) is 5.69 Å². The summed E-state index contributed by atoms with van der Waals surface area (Å²) in [6, 6.07) is 16.9. The van der Waals surface area contributed by atoms with Crippen molar-refractivity contribution >= 4 is 11.6 Å². The monoisotopic (exact) mass is 346 g/mol. The summed E-state index contributed by atoms with van der Waals surface area (Å²) in [6.07, 6.45) is 1.68. The molecule has 0 unspecified atom stereocenters. The normalized spacial score (nSPS) is 10.7. The molecule has 1 N–H and O–H groups in total.